The third-order valence-corrected chi connectivity index (χ3v) is 3.18. The number of thioether (sulfide) groups is 1. The molecule has 110 valence electrons. The van der Waals surface area contributed by atoms with Crippen LogP contribution in [0.5, 0.6) is 5.75 Å². The monoisotopic (exact) mass is 318 g/mol. The van der Waals surface area contributed by atoms with Gasteiger partial charge in [0.25, 0.3) is 5.91 Å². The summed E-state index contributed by atoms with van der Waals surface area (Å²) in [6, 6.07) is 6.57. The Kier molecular flexibility index (Phi) is 7.86. The van der Waals surface area contributed by atoms with Crippen molar-refractivity contribution in [1.29, 1.82) is 0 Å². The van der Waals surface area contributed by atoms with Gasteiger partial charge in [-0.1, -0.05) is 11.6 Å². The molecule has 8 heteroatoms. The van der Waals surface area contributed by atoms with E-state index in [9.17, 15) is 9.59 Å². The number of benzene rings is 1. The van der Waals surface area contributed by atoms with Crippen molar-refractivity contribution in [1.82, 2.24) is 10.9 Å². The second kappa shape index (κ2) is 9.46. The summed E-state index contributed by atoms with van der Waals surface area (Å²) in [7, 11) is 0. The molecule has 20 heavy (non-hydrogen) atoms. The molecule has 0 spiro atoms. The zero-order valence-electron chi connectivity index (χ0n) is 10.6. The number of amides is 2. The van der Waals surface area contributed by atoms with Gasteiger partial charge >= 0.3 is 0 Å². The molecule has 0 atom stereocenters. The quantitative estimate of drug-likeness (QED) is 0.506. The summed E-state index contributed by atoms with van der Waals surface area (Å²) in [5.41, 5.74) is 4.47. The van der Waals surface area contributed by atoms with Crippen molar-refractivity contribution in [2.24, 2.45) is 0 Å². The van der Waals surface area contributed by atoms with Gasteiger partial charge in [0.1, 0.15) is 5.75 Å². The molecule has 2 amide bonds. The highest BCUT2D eigenvalue weighted by Crippen LogP contribution is 2.15. The average molecular weight is 319 g/mol. The number of hydrazine groups is 1. The Bertz CT molecular complexity index is 442. The van der Waals surface area contributed by atoms with Crippen LogP contribution in [-0.2, 0) is 9.59 Å². The summed E-state index contributed by atoms with van der Waals surface area (Å²) in [6.07, 6.45) is 0. The van der Waals surface area contributed by atoms with Crippen LogP contribution in [0.2, 0.25) is 5.02 Å². The zero-order chi connectivity index (χ0) is 14.8. The van der Waals surface area contributed by atoms with Crippen molar-refractivity contribution in [3.63, 3.8) is 0 Å². The minimum Gasteiger partial charge on any atom is -0.484 e. The number of hydrogen-bond donors (Lipinski definition) is 3. The molecule has 0 radical (unpaired) electrons. The van der Waals surface area contributed by atoms with E-state index in [1.165, 1.54) is 11.8 Å². The second-order valence-corrected chi connectivity index (χ2v) is 5.16. The maximum absolute atomic E-state index is 11.4. The smallest absolute Gasteiger partial charge is 0.276 e. The maximum atomic E-state index is 11.4. The third kappa shape index (κ3) is 7.22. The van der Waals surface area contributed by atoms with Crippen LogP contribution >= 0.6 is 23.4 Å². The lowest BCUT2D eigenvalue weighted by Crippen LogP contribution is -2.44. The van der Waals surface area contributed by atoms with E-state index in [1.807, 2.05) is 0 Å². The molecule has 0 heterocycles. The first-order valence-electron chi connectivity index (χ1n) is 5.76. The SMILES string of the molecule is O=C(COc1ccc(Cl)cc1)NNC(=O)CSCCO. The summed E-state index contributed by atoms with van der Waals surface area (Å²) in [5, 5.41) is 9.12. The fraction of sp³-hybridized carbons (Fsp3) is 0.333. The van der Waals surface area contributed by atoms with E-state index in [1.54, 1.807) is 24.3 Å². The van der Waals surface area contributed by atoms with Crippen LogP contribution in [0.1, 0.15) is 0 Å². The highest BCUT2D eigenvalue weighted by atomic mass is 35.5. The summed E-state index contributed by atoms with van der Waals surface area (Å²) < 4.78 is 5.19. The standard InChI is InChI=1S/C12H15ClN2O4S/c13-9-1-3-10(4-2-9)19-7-11(17)14-15-12(18)8-20-6-5-16/h1-4,16H,5-8H2,(H,14,17)(H,15,18). The van der Waals surface area contributed by atoms with Crippen molar-refractivity contribution in [2.75, 3.05) is 24.7 Å². The number of aliphatic hydroxyl groups excluding tert-OH is 1. The summed E-state index contributed by atoms with van der Waals surface area (Å²) in [6.45, 7) is -0.203. The lowest BCUT2D eigenvalue weighted by atomic mass is 10.3. The highest BCUT2D eigenvalue weighted by Gasteiger charge is 2.05. The minimum absolute atomic E-state index is 0.0131. The van der Waals surface area contributed by atoms with Crippen molar-refractivity contribution >= 4 is 35.2 Å². The molecule has 0 unspecified atom stereocenters. The Morgan fingerprint density at radius 1 is 1.20 bits per heavy atom. The van der Waals surface area contributed by atoms with E-state index in [-0.39, 0.29) is 24.9 Å². The van der Waals surface area contributed by atoms with Gasteiger partial charge in [0.15, 0.2) is 6.61 Å². The van der Waals surface area contributed by atoms with Crippen molar-refractivity contribution in [3.05, 3.63) is 29.3 Å². The lowest BCUT2D eigenvalue weighted by Gasteiger charge is -2.08. The number of halogens is 1. The first-order valence-corrected chi connectivity index (χ1v) is 7.29. The van der Waals surface area contributed by atoms with Gasteiger partial charge in [0.2, 0.25) is 5.91 Å². The number of aliphatic hydroxyl groups is 1. The van der Waals surface area contributed by atoms with E-state index < -0.39 is 5.91 Å². The van der Waals surface area contributed by atoms with Gasteiger partial charge < -0.3 is 9.84 Å². The number of rotatable bonds is 7. The normalized spacial score (nSPS) is 9.90. The molecule has 0 fully saturated rings. The van der Waals surface area contributed by atoms with Crippen LogP contribution in [-0.4, -0.2) is 41.6 Å². The fourth-order valence-corrected chi connectivity index (χ4v) is 1.78. The van der Waals surface area contributed by atoms with Gasteiger partial charge in [-0.25, -0.2) is 0 Å². The molecule has 1 aromatic rings. The molecule has 0 aliphatic rings. The minimum atomic E-state index is -0.472. The van der Waals surface area contributed by atoms with Gasteiger partial charge in [-0.15, -0.1) is 11.8 Å². The number of nitrogens with one attached hydrogen (secondary N) is 2. The Morgan fingerprint density at radius 2 is 1.85 bits per heavy atom. The molecular weight excluding hydrogens is 304 g/mol. The molecule has 0 saturated carbocycles. The first-order chi connectivity index (χ1) is 9.61. The predicted molar refractivity (Wildman–Crippen MR) is 77.6 cm³/mol. The summed E-state index contributed by atoms with van der Waals surface area (Å²) in [4.78, 5) is 22.6. The van der Waals surface area contributed by atoms with E-state index in [4.69, 9.17) is 21.4 Å². The van der Waals surface area contributed by atoms with Crippen LogP contribution in [0.25, 0.3) is 0 Å². The predicted octanol–water partition coefficient (Wildman–Crippen LogP) is 0.592. The molecule has 0 saturated heterocycles. The molecule has 1 aromatic carbocycles. The fourth-order valence-electron chi connectivity index (χ4n) is 1.12. The van der Waals surface area contributed by atoms with Crippen LogP contribution in [0.4, 0.5) is 0 Å². The van der Waals surface area contributed by atoms with E-state index in [2.05, 4.69) is 10.9 Å². The van der Waals surface area contributed by atoms with Crippen LogP contribution in [0.15, 0.2) is 24.3 Å². The van der Waals surface area contributed by atoms with Gasteiger partial charge in [-0.2, -0.15) is 0 Å². The van der Waals surface area contributed by atoms with Gasteiger partial charge in [0, 0.05) is 10.8 Å². The summed E-state index contributed by atoms with van der Waals surface area (Å²) >= 11 is 6.98. The van der Waals surface area contributed by atoms with Crippen LogP contribution < -0.4 is 15.6 Å². The molecule has 0 aromatic heterocycles. The van der Waals surface area contributed by atoms with Gasteiger partial charge in [0.05, 0.1) is 12.4 Å². The van der Waals surface area contributed by atoms with E-state index in [0.717, 1.165) is 0 Å². The van der Waals surface area contributed by atoms with Crippen molar-refractivity contribution < 1.29 is 19.4 Å². The maximum Gasteiger partial charge on any atom is 0.276 e. The molecule has 0 aliphatic carbocycles. The lowest BCUT2D eigenvalue weighted by molar-refractivity contribution is -0.128. The topological polar surface area (TPSA) is 87.7 Å². The molecule has 0 bridgehead atoms. The van der Waals surface area contributed by atoms with Crippen LogP contribution in [0, 0.1) is 0 Å². The summed E-state index contributed by atoms with van der Waals surface area (Å²) in [5.74, 6) is 0.332. The Balaban J connectivity index is 2.17. The highest BCUT2D eigenvalue weighted by molar-refractivity contribution is 7.99. The van der Waals surface area contributed by atoms with Crippen molar-refractivity contribution in [2.45, 2.75) is 0 Å². The largest absolute Gasteiger partial charge is 0.484 e. The molecule has 0 aliphatic heterocycles. The van der Waals surface area contributed by atoms with Crippen LogP contribution in [0.3, 0.4) is 0 Å². The Labute approximate surface area is 125 Å². The number of carbonyl (C=O) groups excluding carboxylic acids is 2. The number of carbonyl (C=O) groups is 2. The second-order valence-electron chi connectivity index (χ2n) is 3.62. The van der Waals surface area contributed by atoms with Gasteiger partial charge in [-0.3, -0.25) is 20.4 Å². The first kappa shape index (κ1) is 16.6. The zero-order valence-corrected chi connectivity index (χ0v) is 12.2. The number of hydrogen-bond acceptors (Lipinski definition) is 5. The molecule has 1 rings (SSSR count). The van der Waals surface area contributed by atoms with Crippen molar-refractivity contribution in [3.8, 4) is 5.75 Å². The van der Waals surface area contributed by atoms with E-state index >= 15 is 0 Å². The average Bonchev–Trinajstić information content (AvgIpc) is 2.45. The number of ether oxygens (including phenoxy) is 1. The Hall–Kier alpha value is -1.44. The molecular formula is C12H15ClN2O4S. The van der Waals surface area contributed by atoms with E-state index in [0.29, 0.717) is 16.5 Å². The molecule has 6 nitrogen and oxygen atoms in total. The molecule has 3 N–H and O–H groups in total. The van der Waals surface area contributed by atoms with Gasteiger partial charge in [-0.05, 0) is 24.3 Å². The Morgan fingerprint density at radius 3 is 2.50 bits per heavy atom. The third-order valence-electron chi connectivity index (χ3n) is 1.99.